The molecule has 0 aliphatic heterocycles. The van der Waals surface area contributed by atoms with Crippen molar-refractivity contribution < 1.29 is 18.8 Å². The Morgan fingerprint density at radius 1 is 1.15 bits per heavy atom. The van der Waals surface area contributed by atoms with E-state index in [4.69, 9.17) is 4.52 Å². The number of aliphatic carboxylic acids is 1. The summed E-state index contributed by atoms with van der Waals surface area (Å²) < 4.78 is 19.9. The molecular formula is C23H21FN4O4S. The number of aryl methyl sites for hydroxylation is 1. The van der Waals surface area contributed by atoms with Gasteiger partial charge in [0.2, 0.25) is 11.7 Å². The Kier molecular flexibility index (Phi) is 5.79. The maximum Gasteiger partial charge on any atom is 0.317 e. The second kappa shape index (κ2) is 8.43. The maximum absolute atomic E-state index is 13.5. The largest absolute Gasteiger partial charge is 0.480 e. The monoisotopic (exact) mass is 468 g/mol. The van der Waals surface area contributed by atoms with Gasteiger partial charge in [0.15, 0.2) is 5.16 Å². The molecule has 1 N–H and O–H groups in total. The third-order valence-electron chi connectivity index (χ3n) is 4.94. The second-order valence-corrected chi connectivity index (χ2v) is 9.65. The predicted molar refractivity (Wildman–Crippen MR) is 122 cm³/mol. The molecule has 0 aliphatic rings. The lowest BCUT2D eigenvalue weighted by Crippen LogP contribution is -2.33. The Hall–Kier alpha value is -3.53. The van der Waals surface area contributed by atoms with Gasteiger partial charge in [-0.3, -0.25) is 14.2 Å². The molecule has 2 aromatic heterocycles. The fourth-order valence-electron chi connectivity index (χ4n) is 3.32. The molecule has 2 heterocycles. The number of hydrogen-bond donors (Lipinski definition) is 1. The number of fused-ring (bicyclic) bond motifs is 1. The van der Waals surface area contributed by atoms with Gasteiger partial charge in [0.05, 0.1) is 16.6 Å². The Labute approximate surface area is 192 Å². The summed E-state index contributed by atoms with van der Waals surface area (Å²) >= 11 is 0.973. The highest BCUT2D eigenvalue weighted by Gasteiger charge is 2.34. The van der Waals surface area contributed by atoms with Gasteiger partial charge < -0.3 is 9.63 Å². The van der Waals surface area contributed by atoms with Crippen molar-refractivity contribution in [1.29, 1.82) is 0 Å². The van der Waals surface area contributed by atoms with Gasteiger partial charge in [-0.25, -0.2) is 9.37 Å². The van der Waals surface area contributed by atoms with E-state index in [-0.39, 0.29) is 5.16 Å². The molecule has 10 heteroatoms. The zero-order valence-corrected chi connectivity index (χ0v) is 19.2. The molecule has 0 saturated heterocycles. The van der Waals surface area contributed by atoms with Crippen LogP contribution in [0.1, 0.15) is 26.7 Å². The topological polar surface area (TPSA) is 111 Å². The zero-order chi connectivity index (χ0) is 23.9. The van der Waals surface area contributed by atoms with Crippen LogP contribution in [0.4, 0.5) is 4.39 Å². The van der Waals surface area contributed by atoms with Crippen molar-refractivity contribution >= 4 is 28.6 Å². The Balaban J connectivity index is 1.96. The lowest BCUT2D eigenvalue weighted by molar-refractivity contribution is -0.138. The minimum Gasteiger partial charge on any atom is -0.480 e. The summed E-state index contributed by atoms with van der Waals surface area (Å²) in [7, 11) is 0. The summed E-state index contributed by atoms with van der Waals surface area (Å²) in [5.74, 6) is -0.724. The van der Waals surface area contributed by atoms with Crippen LogP contribution < -0.4 is 5.56 Å². The van der Waals surface area contributed by atoms with E-state index in [0.717, 1.165) is 11.8 Å². The van der Waals surface area contributed by atoms with E-state index in [1.807, 2.05) is 0 Å². The molecule has 33 heavy (non-hydrogen) atoms. The number of benzene rings is 2. The van der Waals surface area contributed by atoms with Crippen molar-refractivity contribution in [2.75, 3.05) is 0 Å². The highest BCUT2D eigenvalue weighted by Crippen LogP contribution is 2.36. The van der Waals surface area contributed by atoms with E-state index in [2.05, 4.69) is 15.1 Å². The highest BCUT2D eigenvalue weighted by molar-refractivity contribution is 8.00. The molecule has 170 valence electrons. The average molecular weight is 469 g/mol. The summed E-state index contributed by atoms with van der Waals surface area (Å²) in [6.45, 7) is 7.08. The van der Waals surface area contributed by atoms with Crippen LogP contribution in [-0.4, -0.2) is 36.0 Å². The van der Waals surface area contributed by atoms with Crippen LogP contribution >= 0.6 is 11.8 Å². The van der Waals surface area contributed by atoms with Crippen molar-refractivity contribution in [3.63, 3.8) is 0 Å². The van der Waals surface area contributed by atoms with Gasteiger partial charge in [-0.2, -0.15) is 4.98 Å². The van der Waals surface area contributed by atoms with Crippen LogP contribution in [0.2, 0.25) is 0 Å². The molecule has 0 saturated carbocycles. The lowest BCUT2D eigenvalue weighted by Gasteiger charge is -2.27. The van der Waals surface area contributed by atoms with Crippen LogP contribution in [0, 0.1) is 18.2 Å². The number of thioether (sulfide) groups is 1. The number of rotatable bonds is 5. The first kappa shape index (κ1) is 22.7. The van der Waals surface area contributed by atoms with Crippen LogP contribution in [0.15, 0.2) is 56.9 Å². The smallest absolute Gasteiger partial charge is 0.317 e. The number of carboxylic acid groups (broad SMARTS) is 1. The van der Waals surface area contributed by atoms with Gasteiger partial charge in [-0.1, -0.05) is 43.8 Å². The summed E-state index contributed by atoms with van der Waals surface area (Å²) in [6.07, 6.45) is 0. The SMILES string of the molecule is Cc1nc(-c2ccc3c(=O)n(-c4ccc(F)cc4)c(SC(C(=O)O)C(C)(C)C)nc3c2)no1. The molecule has 0 aliphatic carbocycles. The minimum atomic E-state index is -1.02. The molecule has 0 amide bonds. The third kappa shape index (κ3) is 4.51. The first-order valence-electron chi connectivity index (χ1n) is 10.1. The Bertz CT molecular complexity index is 1410. The van der Waals surface area contributed by atoms with Crippen LogP contribution in [0.3, 0.4) is 0 Å². The summed E-state index contributed by atoms with van der Waals surface area (Å²) in [6, 6.07) is 10.3. The van der Waals surface area contributed by atoms with Gasteiger partial charge in [-0.15, -0.1) is 0 Å². The number of aromatic nitrogens is 4. The van der Waals surface area contributed by atoms with Gasteiger partial charge in [0.1, 0.15) is 11.1 Å². The highest BCUT2D eigenvalue weighted by atomic mass is 32.2. The fourth-order valence-corrected chi connectivity index (χ4v) is 4.43. The molecule has 1 atom stereocenters. The Morgan fingerprint density at radius 3 is 2.42 bits per heavy atom. The van der Waals surface area contributed by atoms with Crippen molar-refractivity contribution in [1.82, 2.24) is 19.7 Å². The first-order valence-corrected chi connectivity index (χ1v) is 11.0. The molecule has 4 aromatic rings. The second-order valence-electron chi connectivity index (χ2n) is 8.58. The lowest BCUT2D eigenvalue weighted by atomic mass is 9.92. The number of carbonyl (C=O) groups is 1. The minimum absolute atomic E-state index is 0.183. The van der Waals surface area contributed by atoms with Crippen molar-refractivity contribution in [2.24, 2.45) is 5.41 Å². The first-order chi connectivity index (χ1) is 15.5. The molecule has 1 unspecified atom stereocenters. The molecule has 8 nitrogen and oxygen atoms in total. The van der Waals surface area contributed by atoms with Crippen molar-refractivity contribution in [3.8, 4) is 17.1 Å². The zero-order valence-electron chi connectivity index (χ0n) is 18.4. The van der Waals surface area contributed by atoms with E-state index in [1.165, 1.54) is 28.8 Å². The fraction of sp³-hybridized carbons (Fsp3) is 0.261. The van der Waals surface area contributed by atoms with Crippen LogP contribution in [0.25, 0.3) is 28.0 Å². The van der Waals surface area contributed by atoms with Gasteiger partial charge >= 0.3 is 5.97 Å². The molecule has 2 aromatic carbocycles. The van der Waals surface area contributed by atoms with Crippen LogP contribution in [0.5, 0.6) is 0 Å². The molecular weight excluding hydrogens is 447 g/mol. The van der Waals surface area contributed by atoms with E-state index >= 15 is 0 Å². The van der Waals surface area contributed by atoms with Crippen molar-refractivity contribution in [2.45, 2.75) is 38.1 Å². The summed E-state index contributed by atoms with van der Waals surface area (Å²) in [4.78, 5) is 34.4. The van der Waals surface area contributed by atoms with Gasteiger partial charge in [0, 0.05) is 12.5 Å². The summed E-state index contributed by atoms with van der Waals surface area (Å²) in [5.41, 5.74) is 0.323. The number of halogens is 1. The molecule has 0 fully saturated rings. The van der Waals surface area contributed by atoms with E-state index < -0.39 is 28.0 Å². The standard InChI is InChI=1S/C23H21FN4O4S/c1-12-25-19(27-32-12)13-5-10-16-17(11-13)26-22(33-18(21(30)31)23(2,3)4)28(20(16)29)15-8-6-14(24)7-9-15/h5-11,18H,1-4H3,(H,30,31). The van der Waals surface area contributed by atoms with Crippen LogP contribution in [-0.2, 0) is 4.79 Å². The molecule has 0 spiro atoms. The predicted octanol–water partition coefficient (Wildman–Crippen LogP) is 4.47. The average Bonchev–Trinajstić information content (AvgIpc) is 3.18. The third-order valence-corrected chi connectivity index (χ3v) is 6.57. The molecule has 0 bridgehead atoms. The van der Waals surface area contributed by atoms with Gasteiger partial charge in [0.25, 0.3) is 5.56 Å². The van der Waals surface area contributed by atoms with E-state index in [9.17, 15) is 19.1 Å². The summed E-state index contributed by atoms with van der Waals surface area (Å²) in [5, 5.41) is 13.3. The quantitative estimate of drug-likeness (QED) is 0.337. The molecule has 4 rings (SSSR count). The number of carboxylic acids is 1. The van der Waals surface area contributed by atoms with Crippen molar-refractivity contribution in [3.05, 3.63) is 64.5 Å². The Morgan fingerprint density at radius 2 is 1.85 bits per heavy atom. The van der Waals surface area contributed by atoms with E-state index in [0.29, 0.717) is 33.9 Å². The van der Waals surface area contributed by atoms with Gasteiger partial charge in [-0.05, 0) is 41.8 Å². The van der Waals surface area contributed by atoms with E-state index in [1.54, 1.807) is 45.9 Å². The number of nitrogens with zero attached hydrogens (tertiary/aromatic N) is 4. The maximum atomic E-state index is 13.5. The normalized spacial score (nSPS) is 12.8. The number of hydrogen-bond acceptors (Lipinski definition) is 7. The molecule has 0 radical (unpaired) electrons.